The van der Waals surface area contributed by atoms with Gasteiger partial charge in [0.2, 0.25) is 5.88 Å². The number of nitrogens with one attached hydrogen (secondary N) is 1. The van der Waals surface area contributed by atoms with Crippen molar-refractivity contribution in [1.82, 2.24) is 20.2 Å². The first-order valence-electron chi connectivity index (χ1n) is 11.1. The number of ether oxygens (including phenoxy) is 1. The second-order valence-corrected chi connectivity index (χ2v) is 8.32. The topological polar surface area (TPSA) is 67.4 Å². The highest BCUT2D eigenvalue weighted by Gasteiger charge is 2.40. The van der Waals surface area contributed by atoms with Gasteiger partial charge in [0.1, 0.15) is 5.75 Å². The van der Waals surface area contributed by atoms with Gasteiger partial charge in [0.05, 0.1) is 6.20 Å². The lowest BCUT2D eigenvalue weighted by Crippen LogP contribution is -2.44. The third kappa shape index (κ3) is 4.97. The standard InChI is InChI=1S/C26H26N4O2/c31-26(29-24-17-23(24)21-6-2-1-3-7-21)30-13-9-19(10-14-30)15-20-5-4-8-22(16-20)32-25-18-27-11-12-28-25/h1-8,11-12,15-16,18,23-24H,9-10,13-14,17H2,(H,29,31)/t23-,24?/m1/s1. The summed E-state index contributed by atoms with van der Waals surface area (Å²) >= 11 is 0. The summed E-state index contributed by atoms with van der Waals surface area (Å²) in [6.07, 6.45) is 9.82. The van der Waals surface area contributed by atoms with Crippen LogP contribution >= 0.6 is 0 Å². The van der Waals surface area contributed by atoms with Crippen LogP contribution in [0.1, 0.15) is 36.3 Å². The second kappa shape index (κ2) is 9.22. The summed E-state index contributed by atoms with van der Waals surface area (Å²) in [5.41, 5.74) is 3.74. The molecule has 2 atom stereocenters. The molecule has 3 aromatic rings. The highest BCUT2D eigenvalue weighted by Crippen LogP contribution is 2.40. The number of amides is 2. The summed E-state index contributed by atoms with van der Waals surface area (Å²) in [4.78, 5) is 22.8. The number of nitrogens with zero attached hydrogens (tertiary/aromatic N) is 3. The Balaban J connectivity index is 1.13. The molecule has 1 N–H and O–H groups in total. The molecule has 1 aliphatic carbocycles. The van der Waals surface area contributed by atoms with Crippen LogP contribution in [0.25, 0.3) is 6.08 Å². The Kier molecular flexibility index (Phi) is 5.83. The van der Waals surface area contributed by atoms with E-state index in [1.54, 1.807) is 18.6 Å². The molecule has 2 aromatic carbocycles. The van der Waals surface area contributed by atoms with E-state index in [0.29, 0.717) is 11.8 Å². The molecule has 1 aromatic heterocycles. The minimum atomic E-state index is 0.0619. The van der Waals surface area contributed by atoms with Gasteiger partial charge in [-0.2, -0.15) is 0 Å². The maximum Gasteiger partial charge on any atom is 0.317 e. The lowest BCUT2D eigenvalue weighted by molar-refractivity contribution is 0.193. The van der Waals surface area contributed by atoms with Gasteiger partial charge in [-0.1, -0.05) is 54.1 Å². The molecule has 0 spiro atoms. The van der Waals surface area contributed by atoms with Crippen molar-refractivity contribution in [2.75, 3.05) is 13.1 Å². The molecule has 6 heteroatoms. The SMILES string of the molecule is O=C(NC1C[C@@H]1c1ccccc1)N1CCC(=Cc2cccc(Oc3cnccn3)c2)CC1. The number of benzene rings is 2. The lowest BCUT2D eigenvalue weighted by Gasteiger charge is -2.28. The third-order valence-electron chi connectivity index (χ3n) is 6.01. The molecule has 1 aliphatic heterocycles. The van der Waals surface area contributed by atoms with Crippen molar-refractivity contribution in [2.45, 2.75) is 31.2 Å². The van der Waals surface area contributed by atoms with Gasteiger partial charge in [-0.3, -0.25) is 4.98 Å². The van der Waals surface area contributed by atoms with Crippen LogP contribution < -0.4 is 10.1 Å². The molecule has 32 heavy (non-hydrogen) atoms. The van der Waals surface area contributed by atoms with E-state index in [0.717, 1.165) is 43.7 Å². The van der Waals surface area contributed by atoms with Crippen molar-refractivity contribution >= 4 is 12.1 Å². The van der Waals surface area contributed by atoms with E-state index in [1.807, 2.05) is 29.2 Å². The number of hydrogen-bond acceptors (Lipinski definition) is 4. The van der Waals surface area contributed by atoms with E-state index < -0.39 is 0 Å². The van der Waals surface area contributed by atoms with Gasteiger partial charge in [-0.25, -0.2) is 9.78 Å². The van der Waals surface area contributed by atoms with E-state index in [9.17, 15) is 4.79 Å². The first-order valence-corrected chi connectivity index (χ1v) is 11.1. The zero-order valence-electron chi connectivity index (χ0n) is 17.9. The van der Waals surface area contributed by atoms with Crippen molar-refractivity contribution in [3.63, 3.8) is 0 Å². The zero-order chi connectivity index (χ0) is 21.8. The smallest absolute Gasteiger partial charge is 0.317 e. The fourth-order valence-electron chi connectivity index (χ4n) is 4.18. The Morgan fingerprint density at radius 3 is 2.69 bits per heavy atom. The maximum absolute atomic E-state index is 12.7. The molecule has 5 rings (SSSR count). The van der Waals surface area contributed by atoms with Crippen molar-refractivity contribution in [3.05, 3.63) is 89.9 Å². The summed E-state index contributed by atoms with van der Waals surface area (Å²) < 4.78 is 5.78. The predicted octanol–water partition coefficient (Wildman–Crippen LogP) is 5.01. The van der Waals surface area contributed by atoms with Gasteiger partial charge in [0.25, 0.3) is 0 Å². The fourth-order valence-corrected chi connectivity index (χ4v) is 4.18. The van der Waals surface area contributed by atoms with Crippen molar-refractivity contribution in [3.8, 4) is 11.6 Å². The van der Waals surface area contributed by atoms with Crippen molar-refractivity contribution < 1.29 is 9.53 Å². The van der Waals surface area contributed by atoms with Gasteiger partial charge in [-0.05, 0) is 42.5 Å². The molecule has 1 unspecified atom stereocenters. The number of piperidine rings is 1. The summed E-state index contributed by atoms with van der Waals surface area (Å²) in [6.45, 7) is 1.49. The third-order valence-corrected chi connectivity index (χ3v) is 6.01. The van der Waals surface area contributed by atoms with Crippen LogP contribution in [0.3, 0.4) is 0 Å². The summed E-state index contributed by atoms with van der Waals surface area (Å²) in [7, 11) is 0. The Bertz CT molecular complexity index is 1090. The summed E-state index contributed by atoms with van der Waals surface area (Å²) in [6, 6.07) is 18.7. The quantitative estimate of drug-likeness (QED) is 0.622. The molecule has 1 saturated carbocycles. The minimum absolute atomic E-state index is 0.0619. The molecule has 1 saturated heterocycles. The summed E-state index contributed by atoms with van der Waals surface area (Å²) in [5, 5.41) is 3.21. The number of rotatable bonds is 5. The van der Waals surface area contributed by atoms with Crippen LogP contribution in [0, 0.1) is 0 Å². The molecular weight excluding hydrogens is 400 g/mol. The molecular formula is C26H26N4O2. The van der Waals surface area contributed by atoms with Crippen LogP contribution in [0.15, 0.2) is 78.8 Å². The van der Waals surface area contributed by atoms with Crippen LogP contribution in [0.4, 0.5) is 4.79 Å². The monoisotopic (exact) mass is 426 g/mol. The van der Waals surface area contributed by atoms with E-state index in [2.05, 4.69) is 51.7 Å². The van der Waals surface area contributed by atoms with Gasteiger partial charge in [0.15, 0.2) is 0 Å². The first-order chi connectivity index (χ1) is 15.7. The van der Waals surface area contributed by atoms with Crippen LogP contribution in [0.2, 0.25) is 0 Å². The Hall–Kier alpha value is -3.67. The van der Waals surface area contributed by atoms with E-state index in [1.165, 1.54) is 11.1 Å². The fraction of sp³-hybridized carbons (Fsp3) is 0.269. The van der Waals surface area contributed by atoms with Gasteiger partial charge >= 0.3 is 6.03 Å². The minimum Gasteiger partial charge on any atom is -0.437 e. The number of urea groups is 1. The molecule has 0 radical (unpaired) electrons. The number of carbonyl (C=O) groups excluding carboxylic acids is 1. The molecule has 2 heterocycles. The van der Waals surface area contributed by atoms with Gasteiger partial charge < -0.3 is 15.0 Å². The molecule has 6 nitrogen and oxygen atoms in total. The largest absolute Gasteiger partial charge is 0.437 e. The highest BCUT2D eigenvalue weighted by molar-refractivity contribution is 5.75. The number of likely N-dealkylation sites (tertiary alicyclic amines) is 1. The molecule has 162 valence electrons. The number of aromatic nitrogens is 2. The normalized spacial score (nSPS) is 19.9. The van der Waals surface area contributed by atoms with Gasteiger partial charge in [0, 0.05) is 37.4 Å². The van der Waals surface area contributed by atoms with Crippen molar-refractivity contribution in [1.29, 1.82) is 0 Å². The number of carbonyl (C=O) groups is 1. The average molecular weight is 427 g/mol. The zero-order valence-corrected chi connectivity index (χ0v) is 17.9. The second-order valence-electron chi connectivity index (χ2n) is 8.32. The first kappa shape index (κ1) is 20.2. The van der Waals surface area contributed by atoms with Gasteiger partial charge in [-0.15, -0.1) is 0 Å². The van der Waals surface area contributed by atoms with E-state index in [4.69, 9.17) is 4.74 Å². The van der Waals surface area contributed by atoms with E-state index >= 15 is 0 Å². The molecule has 2 fully saturated rings. The molecule has 0 bridgehead atoms. The lowest BCUT2D eigenvalue weighted by atomic mass is 10.0. The molecule has 2 aliphatic rings. The maximum atomic E-state index is 12.7. The Morgan fingerprint density at radius 1 is 1.06 bits per heavy atom. The van der Waals surface area contributed by atoms with Crippen LogP contribution in [-0.2, 0) is 0 Å². The van der Waals surface area contributed by atoms with E-state index in [-0.39, 0.29) is 12.1 Å². The van der Waals surface area contributed by atoms with Crippen molar-refractivity contribution in [2.24, 2.45) is 0 Å². The number of hydrogen-bond donors (Lipinski definition) is 1. The summed E-state index contributed by atoms with van der Waals surface area (Å²) in [5.74, 6) is 1.66. The Morgan fingerprint density at radius 2 is 1.91 bits per heavy atom. The Labute approximate surface area is 188 Å². The van der Waals surface area contributed by atoms with Crippen LogP contribution in [0.5, 0.6) is 11.6 Å². The predicted molar refractivity (Wildman–Crippen MR) is 123 cm³/mol. The highest BCUT2D eigenvalue weighted by atomic mass is 16.5. The average Bonchev–Trinajstić information content (AvgIpc) is 3.60. The molecule has 2 amide bonds. The van der Waals surface area contributed by atoms with Crippen LogP contribution in [-0.4, -0.2) is 40.0 Å².